The molecule has 0 radical (unpaired) electrons. The minimum absolute atomic E-state index is 0.0832. The first kappa shape index (κ1) is 14.8. The molecule has 2 N–H and O–H groups in total. The van der Waals surface area contributed by atoms with Crippen LogP contribution >= 0.6 is 11.6 Å². The Hall–Kier alpha value is -1.61. The molecule has 6 heteroatoms. The van der Waals surface area contributed by atoms with Gasteiger partial charge in [0.2, 0.25) is 5.91 Å². The van der Waals surface area contributed by atoms with Gasteiger partial charge in [0.15, 0.2) is 0 Å². The maximum absolute atomic E-state index is 12.0. The maximum Gasteiger partial charge on any atom is 0.238 e. The maximum atomic E-state index is 12.0. The van der Waals surface area contributed by atoms with Gasteiger partial charge in [-0.1, -0.05) is 11.6 Å². The fourth-order valence-electron chi connectivity index (χ4n) is 2.26. The summed E-state index contributed by atoms with van der Waals surface area (Å²) in [5.41, 5.74) is 1.01. The molecule has 1 aliphatic heterocycles. The van der Waals surface area contributed by atoms with E-state index in [1.54, 1.807) is 18.2 Å². The second kappa shape index (κ2) is 6.71. The zero-order valence-electron chi connectivity index (χ0n) is 11.3. The van der Waals surface area contributed by atoms with Crippen molar-refractivity contribution < 1.29 is 4.79 Å². The van der Waals surface area contributed by atoms with Crippen molar-refractivity contribution in [2.45, 2.75) is 12.5 Å². The smallest absolute Gasteiger partial charge is 0.238 e. The molecular weight excluding hydrogens is 276 g/mol. The Balaban J connectivity index is 1.91. The number of likely N-dealkylation sites (N-methyl/N-ethyl adjacent to an activating group) is 1. The van der Waals surface area contributed by atoms with Gasteiger partial charge in [0.25, 0.3) is 0 Å². The number of nitrogens with zero attached hydrogens (tertiary/aromatic N) is 2. The summed E-state index contributed by atoms with van der Waals surface area (Å²) in [6.07, 6.45) is 1.06. The number of hydrogen-bond donors (Lipinski definition) is 2. The highest BCUT2D eigenvalue weighted by Crippen LogP contribution is 2.20. The van der Waals surface area contributed by atoms with Crippen LogP contribution in [0.25, 0.3) is 0 Å². The zero-order chi connectivity index (χ0) is 14.5. The highest BCUT2D eigenvalue weighted by molar-refractivity contribution is 6.32. The molecular formula is C14H17ClN4O. The van der Waals surface area contributed by atoms with Crippen molar-refractivity contribution in [3.63, 3.8) is 0 Å². The number of nitrogens with one attached hydrogen (secondary N) is 2. The Labute approximate surface area is 123 Å². The minimum Gasteiger partial charge on any atom is -0.325 e. The third-order valence-corrected chi connectivity index (χ3v) is 3.74. The summed E-state index contributed by atoms with van der Waals surface area (Å²) >= 11 is 5.93. The highest BCUT2D eigenvalue weighted by atomic mass is 35.5. The summed E-state index contributed by atoms with van der Waals surface area (Å²) in [7, 11) is 1.95. The van der Waals surface area contributed by atoms with Gasteiger partial charge in [-0.15, -0.1) is 0 Å². The molecule has 0 bridgehead atoms. The van der Waals surface area contributed by atoms with Crippen LogP contribution in [-0.4, -0.2) is 43.5 Å². The molecule has 1 atom stereocenters. The second-order valence-corrected chi connectivity index (χ2v) is 5.32. The van der Waals surface area contributed by atoms with Crippen molar-refractivity contribution in [2.24, 2.45) is 0 Å². The normalized spacial score (nSPS) is 18.0. The van der Waals surface area contributed by atoms with E-state index in [1.165, 1.54) is 0 Å². The molecule has 1 fully saturated rings. The summed E-state index contributed by atoms with van der Waals surface area (Å²) in [4.78, 5) is 14.0. The van der Waals surface area contributed by atoms with Crippen LogP contribution in [0.5, 0.6) is 0 Å². The Kier molecular flexibility index (Phi) is 4.96. The molecule has 1 saturated heterocycles. The molecule has 0 aliphatic carbocycles. The van der Waals surface area contributed by atoms with Gasteiger partial charge in [0.1, 0.15) is 6.07 Å². The van der Waals surface area contributed by atoms with Crippen molar-refractivity contribution in [3.05, 3.63) is 28.8 Å². The van der Waals surface area contributed by atoms with Crippen LogP contribution < -0.4 is 10.6 Å². The molecule has 1 aromatic carbocycles. The Morgan fingerprint density at radius 3 is 3.05 bits per heavy atom. The lowest BCUT2D eigenvalue weighted by molar-refractivity contribution is -0.117. The number of halogens is 1. The van der Waals surface area contributed by atoms with E-state index < -0.39 is 0 Å². The van der Waals surface area contributed by atoms with Gasteiger partial charge in [-0.05, 0) is 38.2 Å². The lowest BCUT2D eigenvalue weighted by atomic mass is 10.2. The van der Waals surface area contributed by atoms with Crippen molar-refractivity contribution >= 4 is 23.2 Å². The van der Waals surface area contributed by atoms with Gasteiger partial charge in [0, 0.05) is 18.3 Å². The van der Waals surface area contributed by atoms with E-state index in [0.717, 1.165) is 19.5 Å². The molecule has 0 saturated carbocycles. The third-order valence-electron chi connectivity index (χ3n) is 3.42. The molecule has 1 amide bonds. The first-order chi connectivity index (χ1) is 9.60. The largest absolute Gasteiger partial charge is 0.325 e. The van der Waals surface area contributed by atoms with Crippen LogP contribution in [0.3, 0.4) is 0 Å². The average Bonchev–Trinajstić information content (AvgIpc) is 2.92. The van der Waals surface area contributed by atoms with E-state index >= 15 is 0 Å². The van der Waals surface area contributed by atoms with E-state index in [4.69, 9.17) is 16.9 Å². The monoisotopic (exact) mass is 292 g/mol. The molecule has 1 unspecified atom stereocenters. The van der Waals surface area contributed by atoms with Crippen molar-refractivity contribution in [1.82, 2.24) is 10.2 Å². The molecule has 20 heavy (non-hydrogen) atoms. The second-order valence-electron chi connectivity index (χ2n) is 4.92. The zero-order valence-corrected chi connectivity index (χ0v) is 12.1. The number of nitriles is 1. The number of amides is 1. The summed E-state index contributed by atoms with van der Waals surface area (Å²) in [6, 6.07) is 7.27. The van der Waals surface area contributed by atoms with Gasteiger partial charge in [0.05, 0.1) is 17.1 Å². The SMILES string of the molecule is CN(CC(=O)Nc1ccc(C#N)c(Cl)c1)C1CCNC1. The molecule has 1 heterocycles. The number of carbonyl (C=O) groups excluding carboxylic acids is 1. The molecule has 1 aliphatic rings. The quantitative estimate of drug-likeness (QED) is 0.881. The number of carbonyl (C=O) groups is 1. The lowest BCUT2D eigenvalue weighted by Gasteiger charge is -2.22. The van der Waals surface area contributed by atoms with E-state index in [9.17, 15) is 4.79 Å². The topological polar surface area (TPSA) is 68.2 Å². The molecule has 0 spiro atoms. The predicted octanol–water partition coefficient (Wildman–Crippen LogP) is 1.44. The van der Waals surface area contributed by atoms with Crippen molar-refractivity contribution in [1.29, 1.82) is 5.26 Å². The van der Waals surface area contributed by atoms with E-state index in [0.29, 0.717) is 28.9 Å². The fraction of sp³-hybridized carbons (Fsp3) is 0.429. The molecule has 106 valence electrons. The van der Waals surface area contributed by atoms with Gasteiger partial charge in [-0.25, -0.2) is 0 Å². The summed E-state index contributed by atoms with van der Waals surface area (Å²) in [6.45, 7) is 2.26. The molecule has 0 aromatic heterocycles. The van der Waals surface area contributed by atoms with Gasteiger partial charge < -0.3 is 10.6 Å². The van der Waals surface area contributed by atoms with Gasteiger partial charge in [-0.2, -0.15) is 5.26 Å². The molecule has 1 aromatic rings. The Morgan fingerprint density at radius 2 is 2.45 bits per heavy atom. The molecule has 5 nitrogen and oxygen atoms in total. The van der Waals surface area contributed by atoms with Crippen LogP contribution in [0, 0.1) is 11.3 Å². The predicted molar refractivity (Wildman–Crippen MR) is 78.7 cm³/mol. The fourth-order valence-corrected chi connectivity index (χ4v) is 2.48. The van der Waals surface area contributed by atoms with Crippen LogP contribution in [0.15, 0.2) is 18.2 Å². The Morgan fingerprint density at radius 1 is 1.65 bits per heavy atom. The first-order valence-electron chi connectivity index (χ1n) is 6.50. The number of anilines is 1. The van der Waals surface area contributed by atoms with E-state index in [-0.39, 0.29) is 5.91 Å². The average molecular weight is 293 g/mol. The summed E-state index contributed by atoms with van der Waals surface area (Å²) < 4.78 is 0. The standard InChI is InChI=1S/C14H17ClN4O/c1-19(12-4-5-17-8-12)9-14(20)18-11-3-2-10(7-16)13(15)6-11/h2-3,6,12,17H,4-5,8-9H2,1H3,(H,18,20). The number of rotatable bonds is 4. The van der Waals surface area contributed by atoms with Crippen LogP contribution in [0.2, 0.25) is 5.02 Å². The number of benzene rings is 1. The molecule has 2 rings (SSSR count). The van der Waals surface area contributed by atoms with Crippen molar-refractivity contribution in [3.8, 4) is 6.07 Å². The highest BCUT2D eigenvalue weighted by Gasteiger charge is 2.20. The summed E-state index contributed by atoms with van der Waals surface area (Å²) in [5.74, 6) is -0.0832. The van der Waals surface area contributed by atoms with Crippen LogP contribution in [0.4, 0.5) is 5.69 Å². The number of hydrogen-bond acceptors (Lipinski definition) is 4. The van der Waals surface area contributed by atoms with Crippen molar-refractivity contribution in [2.75, 3.05) is 32.0 Å². The van der Waals surface area contributed by atoms with Gasteiger partial charge in [-0.3, -0.25) is 9.69 Å². The first-order valence-corrected chi connectivity index (χ1v) is 6.88. The Bertz CT molecular complexity index is 534. The minimum atomic E-state index is -0.0832. The van der Waals surface area contributed by atoms with Crippen LogP contribution in [0.1, 0.15) is 12.0 Å². The third kappa shape index (κ3) is 3.70. The lowest BCUT2D eigenvalue weighted by Crippen LogP contribution is -2.39. The van der Waals surface area contributed by atoms with Crippen LogP contribution in [-0.2, 0) is 4.79 Å². The van der Waals surface area contributed by atoms with E-state index in [1.807, 2.05) is 18.0 Å². The van der Waals surface area contributed by atoms with E-state index in [2.05, 4.69) is 10.6 Å². The summed E-state index contributed by atoms with van der Waals surface area (Å²) in [5, 5.41) is 15.2. The van der Waals surface area contributed by atoms with Gasteiger partial charge >= 0.3 is 0 Å².